The van der Waals surface area contributed by atoms with E-state index >= 15 is 0 Å². The molecule has 0 radical (unpaired) electrons. The minimum absolute atomic E-state index is 0.0441. The average Bonchev–Trinajstić information content (AvgIpc) is 2.50. The van der Waals surface area contributed by atoms with Crippen molar-refractivity contribution in [3.63, 3.8) is 0 Å². The molecule has 1 aliphatic heterocycles. The molecule has 1 amide bonds. The fraction of sp³-hybridized carbons (Fsp3) is 0.467. The van der Waals surface area contributed by atoms with E-state index in [0.29, 0.717) is 23.7 Å². The first-order valence-electron chi connectivity index (χ1n) is 7.04. The molecule has 6 nitrogen and oxygen atoms in total. The Labute approximate surface area is 134 Å². The number of aliphatic hydroxyl groups is 1. The normalized spacial score (nSPS) is 20.3. The van der Waals surface area contributed by atoms with Crippen molar-refractivity contribution in [1.29, 1.82) is 0 Å². The third-order valence-electron chi connectivity index (χ3n) is 3.70. The summed E-state index contributed by atoms with van der Waals surface area (Å²) in [6.45, 7) is 1.25. The van der Waals surface area contributed by atoms with Crippen LogP contribution < -0.4 is 5.32 Å². The first kappa shape index (κ1) is 16.7. The van der Waals surface area contributed by atoms with E-state index in [1.54, 1.807) is 29.2 Å². The van der Waals surface area contributed by atoms with Gasteiger partial charge in [0, 0.05) is 30.2 Å². The highest BCUT2D eigenvalue weighted by atomic mass is 35.5. The molecule has 120 valence electrons. The van der Waals surface area contributed by atoms with Crippen LogP contribution in [0.2, 0.25) is 5.02 Å². The van der Waals surface area contributed by atoms with E-state index < -0.39 is 18.1 Å². The van der Waals surface area contributed by atoms with E-state index in [2.05, 4.69) is 10.1 Å². The van der Waals surface area contributed by atoms with Gasteiger partial charge in [-0.1, -0.05) is 29.8 Å². The van der Waals surface area contributed by atoms with Crippen LogP contribution in [0.3, 0.4) is 0 Å². The summed E-state index contributed by atoms with van der Waals surface area (Å²) in [5.41, 5.74) is 0.604. The summed E-state index contributed by atoms with van der Waals surface area (Å²) < 4.78 is 4.63. The van der Waals surface area contributed by atoms with Crippen molar-refractivity contribution >= 4 is 23.5 Å². The summed E-state index contributed by atoms with van der Waals surface area (Å²) in [5, 5.41) is 13.6. The lowest BCUT2D eigenvalue weighted by molar-refractivity contribution is -0.146. The van der Waals surface area contributed by atoms with Gasteiger partial charge in [0.15, 0.2) is 0 Å². The van der Waals surface area contributed by atoms with Crippen molar-refractivity contribution in [1.82, 2.24) is 10.2 Å². The number of hydrogen-bond acceptors (Lipinski definition) is 5. The third kappa shape index (κ3) is 3.97. The number of rotatable bonds is 5. The van der Waals surface area contributed by atoms with Crippen LogP contribution >= 0.6 is 11.6 Å². The number of carbonyl (C=O) groups is 2. The molecule has 1 heterocycles. The zero-order valence-electron chi connectivity index (χ0n) is 12.3. The lowest BCUT2D eigenvalue weighted by Crippen LogP contribution is -2.56. The summed E-state index contributed by atoms with van der Waals surface area (Å²) in [5.74, 6) is -0.692. The van der Waals surface area contributed by atoms with Crippen LogP contribution in [0, 0.1) is 0 Å². The van der Waals surface area contributed by atoms with Gasteiger partial charge in [0.05, 0.1) is 25.7 Å². The molecule has 1 aromatic rings. The highest BCUT2D eigenvalue weighted by molar-refractivity contribution is 6.31. The molecular formula is C15H19ClN2O4. The molecular weight excluding hydrogens is 308 g/mol. The molecule has 0 spiro atoms. The molecule has 0 bridgehead atoms. The van der Waals surface area contributed by atoms with Gasteiger partial charge in [-0.3, -0.25) is 14.5 Å². The second kappa shape index (κ2) is 7.58. The van der Waals surface area contributed by atoms with Gasteiger partial charge < -0.3 is 15.2 Å². The number of halogens is 1. The number of methoxy groups -OCH3 is 1. The van der Waals surface area contributed by atoms with Gasteiger partial charge in [0.1, 0.15) is 0 Å². The lowest BCUT2D eigenvalue weighted by atomic mass is 10.0. The second-order valence-electron chi connectivity index (χ2n) is 5.12. The number of benzene rings is 1. The van der Waals surface area contributed by atoms with E-state index in [4.69, 9.17) is 11.6 Å². The van der Waals surface area contributed by atoms with Crippen LogP contribution in [0.15, 0.2) is 24.3 Å². The van der Waals surface area contributed by atoms with Crippen molar-refractivity contribution in [2.75, 3.05) is 26.7 Å². The maximum absolute atomic E-state index is 12.0. The third-order valence-corrected chi connectivity index (χ3v) is 4.05. The van der Waals surface area contributed by atoms with Crippen molar-refractivity contribution < 1.29 is 19.4 Å². The summed E-state index contributed by atoms with van der Waals surface area (Å²) in [4.78, 5) is 25.2. The molecule has 2 unspecified atom stereocenters. The quantitative estimate of drug-likeness (QED) is 0.780. The van der Waals surface area contributed by atoms with E-state index in [-0.39, 0.29) is 18.9 Å². The Morgan fingerprint density at radius 3 is 2.95 bits per heavy atom. The Balaban J connectivity index is 2.09. The van der Waals surface area contributed by atoms with Crippen LogP contribution in [0.25, 0.3) is 0 Å². The van der Waals surface area contributed by atoms with Crippen LogP contribution in [0.5, 0.6) is 0 Å². The number of ether oxygens (including phenoxy) is 1. The van der Waals surface area contributed by atoms with Gasteiger partial charge in [0.2, 0.25) is 5.91 Å². The average molecular weight is 327 g/mol. The Kier molecular flexibility index (Phi) is 5.76. The number of piperazine rings is 1. The first-order chi connectivity index (χ1) is 10.5. The van der Waals surface area contributed by atoms with E-state index in [0.717, 1.165) is 0 Å². The van der Waals surface area contributed by atoms with Crippen LogP contribution in [0.1, 0.15) is 18.1 Å². The molecule has 0 aliphatic carbocycles. The Morgan fingerprint density at radius 2 is 2.27 bits per heavy atom. The van der Waals surface area contributed by atoms with Crippen molar-refractivity contribution in [2.45, 2.75) is 18.6 Å². The number of amides is 1. The van der Waals surface area contributed by atoms with Gasteiger partial charge in [-0.15, -0.1) is 0 Å². The molecule has 2 N–H and O–H groups in total. The number of nitrogens with one attached hydrogen (secondary N) is 1. The van der Waals surface area contributed by atoms with Gasteiger partial charge in [-0.05, 0) is 6.07 Å². The number of esters is 1. The summed E-state index contributed by atoms with van der Waals surface area (Å²) in [7, 11) is 1.28. The van der Waals surface area contributed by atoms with Gasteiger partial charge >= 0.3 is 5.97 Å². The molecule has 22 heavy (non-hydrogen) atoms. The molecule has 2 atom stereocenters. The molecule has 1 saturated heterocycles. The van der Waals surface area contributed by atoms with Crippen LogP contribution in [-0.4, -0.2) is 54.7 Å². The lowest BCUT2D eigenvalue weighted by Gasteiger charge is -2.35. The van der Waals surface area contributed by atoms with Crippen molar-refractivity contribution in [3.05, 3.63) is 34.9 Å². The van der Waals surface area contributed by atoms with Crippen LogP contribution in [-0.2, 0) is 14.3 Å². The molecule has 1 fully saturated rings. The fourth-order valence-corrected chi connectivity index (χ4v) is 2.77. The summed E-state index contributed by atoms with van der Waals surface area (Å²) in [6, 6.07) is 6.38. The molecule has 0 aromatic heterocycles. The van der Waals surface area contributed by atoms with Crippen LogP contribution in [0.4, 0.5) is 0 Å². The summed E-state index contributed by atoms with van der Waals surface area (Å²) >= 11 is 6.08. The maximum Gasteiger partial charge on any atom is 0.307 e. The highest BCUT2D eigenvalue weighted by Crippen LogP contribution is 2.24. The topological polar surface area (TPSA) is 78.9 Å². The minimum atomic E-state index is -0.834. The molecule has 1 aliphatic rings. The highest BCUT2D eigenvalue weighted by Gasteiger charge is 2.33. The molecule has 2 rings (SSSR count). The second-order valence-corrected chi connectivity index (χ2v) is 5.53. The number of β-amino-alcohol motifs (C(OH)–C–C–N with tert-alkyl or cyclic N) is 1. The number of hydrogen-bond donors (Lipinski definition) is 2. The Bertz CT molecular complexity index is 552. The Hall–Kier alpha value is -1.63. The predicted molar refractivity (Wildman–Crippen MR) is 81.4 cm³/mol. The van der Waals surface area contributed by atoms with Gasteiger partial charge in [-0.2, -0.15) is 0 Å². The zero-order valence-corrected chi connectivity index (χ0v) is 13.0. The minimum Gasteiger partial charge on any atom is -0.469 e. The van der Waals surface area contributed by atoms with E-state index in [1.165, 1.54) is 7.11 Å². The molecule has 0 saturated carbocycles. The number of nitrogens with zero attached hydrogens (tertiary/aromatic N) is 1. The standard InChI is InChI=1S/C15H19ClN2O4/c1-22-14(20)8-12-15(21)17-6-7-18(12)9-13(19)10-4-2-3-5-11(10)16/h2-5,12-13,19H,6-9H2,1H3,(H,17,21). The number of aliphatic hydroxyl groups excluding tert-OH is 1. The molecule has 7 heteroatoms. The maximum atomic E-state index is 12.0. The smallest absolute Gasteiger partial charge is 0.307 e. The predicted octanol–water partition coefficient (Wildman–Crippen LogP) is 0.737. The van der Waals surface area contributed by atoms with Gasteiger partial charge in [0.25, 0.3) is 0 Å². The van der Waals surface area contributed by atoms with Crippen molar-refractivity contribution in [3.8, 4) is 0 Å². The summed E-state index contributed by atoms with van der Waals surface area (Å²) in [6.07, 6.45) is -0.878. The number of carbonyl (C=O) groups excluding carboxylic acids is 2. The first-order valence-corrected chi connectivity index (χ1v) is 7.41. The Morgan fingerprint density at radius 1 is 1.55 bits per heavy atom. The van der Waals surface area contributed by atoms with Crippen molar-refractivity contribution in [2.24, 2.45) is 0 Å². The van der Waals surface area contributed by atoms with E-state index in [9.17, 15) is 14.7 Å². The van der Waals surface area contributed by atoms with Gasteiger partial charge in [-0.25, -0.2) is 0 Å². The fourth-order valence-electron chi connectivity index (χ4n) is 2.51. The SMILES string of the molecule is COC(=O)CC1C(=O)NCCN1CC(O)c1ccccc1Cl. The van der Waals surface area contributed by atoms with E-state index in [1.807, 2.05) is 0 Å². The molecule has 1 aromatic carbocycles. The monoisotopic (exact) mass is 326 g/mol. The largest absolute Gasteiger partial charge is 0.469 e. The zero-order chi connectivity index (χ0) is 16.1.